The van der Waals surface area contributed by atoms with Crippen molar-refractivity contribution in [3.8, 4) is 5.75 Å². The summed E-state index contributed by atoms with van der Waals surface area (Å²) in [5.41, 5.74) is -1.55. The number of halogens is 5. The van der Waals surface area contributed by atoms with Crippen LogP contribution in [0, 0.1) is 23.5 Å². The van der Waals surface area contributed by atoms with Gasteiger partial charge in [-0.3, -0.25) is 0 Å². The quantitative estimate of drug-likeness (QED) is 0.590. The molecule has 3 aliphatic rings. The zero-order valence-electron chi connectivity index (χ0n) is 18.0. The highest BCUT2D eigenvalue weighted by Crippen LogP contribution is 2.59. The standard InChI is InChI=1S/C22H20F5NO5S2/c23-16-5-6-17(24)20-19(16)21(35(31,32)13-3-1-12(2-4-13)22(25,26)27)9-7-18-14(15(21)11-33-20)8-10-34(29,30)28-18/h1-6,14-15,18,28H,7-11H2/t14-,15+,18+,21+/m0/s1. The first-order valence-corrected chi connectivity index (χ1v) is 13.9. The fourth-order valence-electron chi connectivity index (χ4n) is 5.84. The van der Waals surface area contributed by atoms with Gasteiger partial charge in [0.05, 0.1) is 28.4 Å². The molecule has 2 aliphatic heterocycles. The van der Waals surface area contributed by atoms with E-state index in [9.17, 15) is 34.4 Å². The van der Waals surface area contributed by atoms with Crippen LogP contribution >= 0.6 is 0 Å². The van der Waals surface area contributed by atoms with Crippen molar-refractivity contribution >= 4 is 19.9 Å². The minimum atomic E-state index is -4.69. The second-order valence-corrected chi connectivity index (χ2v) is 13.2. The molecule has 2 fully saturated rings. The van der Waals surface area contributed by atoms with Gasteiger partial charge in [-0.25, -0.2) is 30.3 Å². The van der Waals surface area contributed by atoms with Crippen LogP contribution in [0.5, 0.6) is 5.75 Å². The predicted octanol–water partition coefficient (Wildman–Crippen LogP) is 3.76. The lowest BCUT2D eigenvalue weighted by Crippen LogP contribution is -2.62. The molecular weight excluding hydrogens is 517 g/mol. The molecule has 13 heteroatoms. The largest absolute Gasteiger partial charge is 0.490 e. The van der Waals surface area contributed by atoms with Crippen LogP contribution in [-0.4, -0.2) is 35.2 Å². The number of nitrogens with one attached hydrogen (secondary N) is 1. The van der Waals surface area contributed by atoms with Crippen molar-refractivity contribution in [2.75, 3.05) is 12.4 Å². The van der Waals surface area contributed by atoms with Gasteiger partial charge in [-0.15, -0.1) is 0 Å². The zero-order valence-corrected chi connectivity index (χ0v) is 19.6. The Labute approximate surface area is 198 Å². The summed E-state index contributed by atoms with van der Waals surface area (Å²) >= 11 is 0. The number of hydrogen-bond donors (Lipinski definition) is 1. The van der Waals surface area contributed by atoms with Crippen molar-refractivity contribution in [1.29, 1.82) is 0 Å². The molecular formula is C22H20F5NO5S2. The van der Waals surface area contributed by atoms with Gasteiger partial charge >= 0.3 is 6.18 Å². The van der Waals surface area contributed by atoms with E-state index in [4.69, 9.17) is 4.74 Å². The molecule has 2 aromatic carbocycles. The van der Waals surface area contributed by atoms with E-state index in [-0.39, 0.29) is 31.6 Å². The van der Waals surface area contributed by atoms with Gasteiger partial charge in [0.1, 0.15) is 10.6 Å². The number of ether oxygens (including phenoxy) is 1. The van der Waals surface area contributed by atoms with Crippen molar-refractivity contribution in [3.63, 3.8) is 0 Å². The summed E-state index contributed by atoms with van der Waals surface area (Å²) in [6.07, 6.45) is -4.89. The highest BCUT2D eigenvalue weighted by Gasteiger charge is 2.63. The molecule has 0 bridgehead atoms. The summed E-state index contributed by atoms with van der Waals surface area (Å²) in [4.78, 5) is -0.471. The average Bonchev–Trinajstić information content (AvgIpc) is 2.79. The summed E-state index contributed by atoms with van der Waals surface area (Å²) in [5, 5.41) is 0. The van der Waals surface area contributed by atoms with E-state index in [2.05, 4.69) is 4.72 Å². The molecule has 0 radical (unpaired) electrons. The molecule has 190 valence electrons. The molecule has 2 aromatic rings. The maximum atomic E-state index is 15.3. The minimum absolute atomic E-state index is 0.00958. The lowest BCUT2D eigenvalue weighted by molar-refractivity contribution is -0.137. The molecule has 0 amide bonds. The first-order valence-electron chi connectivity index (χ1n) is 10.8. The Hall–Kier alpha value is -2.25. The van der Waals surface area contributed by atoms with E-state index < -0.39 is 82.1 Å². The van der Waals surface area contributed by atoms with Gasteiger partial charge in [0.15, 0.2) is 21.4 Å². The molecule has 35 heavy (non-hydrogen) atoms. The lowest BCUT2D eigenvalue weighted by Gasteiger charge is -2.54. The van der Waals surface area contributed by atoms with Gasteiger partial charge in [0.25, 0.3) is 0 Å². The van der Waals surface area contributed by atoms with E-state index >= 15 is 4.39 Å². The third-order valence-electron chi connectivity index (χ3n) is 7.37. The molecule has 1 saturated heterocycles. The van der Waals surface area contributed by atoms with Crippen LogP contribution in [0.25, 0.3) is 0 Å². The number of sulfone groups is 1. The van der Waals surface area contributed by atoms with Crippen molar-refractivity contribution in [3.05, 3.63) is 59.2 Å². The first kappa shape index (κ1) is 24.4. The number of sulfonamides is 1. The second-order valence-electron chi connectivity index (χ2n) is 9.10. The van der Waals surface area contributed by atoms with Crippen molar-refractivity contribution in [2.24, 2.45) is 11.8 Å². The van der Waals surface area contributed by atoms with Crippen LogP contribution in [0.1, 0.15) is 30.4 Å². The Morgan fingerprint density at radius 1 is 1.00 bits per heavy atom. The molecule has 4 atom stereocenters. The Kier molecular flexibility index (Phi) is 5.50. The molecule has 1 saturated carbocycles. The Morgan fingerprint density at radius 2 is 1.66 bits per heavy atom. The normalized spacial score (nSPS) is 29.9. The second kappa shape index (κ2) is 7.87. The molecule has 5 rings (SSSR count). The molecule has 6 nitrogen and oxygen atoms in total. The van der Waals surface area contributed by atoms with Gasteiger partial charge in [0.2, 0.25) is 10.0 Å². The summed E-state index contributed by atoms with van der Waals surface area (Å²) in [6.45, 7) is -0.323. The van der Waals surface area contributed by atoms with Crippen molar-refractivity contribution in [2.45, 2.75) is 41.1 Å². The number of rotatable bonds is 2. The SMILES string of the molecule is O=S1(=O)CC[C@H]2[C@H]3COc4c(F)ccc(F)c4[C@@]3(S(=O)(=O)c3ccc(C(F)(F)F)cc3)CC[C@H]2N1. The average molecular weight is 538 g/mol. The number of alkyl halides is 3. The topological polar surface area (TPSA) is 89.5 Å². The van der Waals surface area contributed by atoms with E-state index in [1.54, 1.807) is 0 Å². The van der Waals surface area contributed by atoms with Gasteiger partial charge in [-0.1, -0.05) is 0 Å². The smallest absolute Gasteiger partial charge is 0.416 e. The maximum absolute atomic E-state index is 15.3. The number of fused-ring (bicyclic) bond motifs is 5. The summed E-state index contributed by atoms with van der Waals surface area (Å²) in [7, 11) is -8.18. The Bertz CT molecular complexity index is 1390. The summed E-state index contributed by atoms with van der Waals surface area (Å²) in [5.74, 6) is -4.36. The molecule has 0 aromatic heterocycles. The van der Waals surface area contributed by atoms with Crippen molar-refractivity contribution < 1.29 is 43.5 Å². The van der Waals surface area contributed by atoms with E-state index in [0.29, 0.717) is 12.1 Å². The van der Waals surface area contributed by atoms with Gasteiger partial charge < -0.3 is 4.74 Å². The fourth-order valence-corrected chi connectivity index (χ4v) is 9.69. The highest BCUT2D eigenvalue weighted by molar-refractivity contribution is 7.92. The van der Waals surface area contributed by atoms with E-state index in [1.165, 1.54) is 0 Å². The van der Waals surface area contributed by atoms with Crippen LogP contribution in [0.15, 0.2) is 41.3 Å². The summed E-state index contributed by atoms with van der Waals surface area (Å²) < 4.78 is 128. The molecule has 1 N–H and O–H groups in total. The zero-order chi connectivity index (χ0) is 25.4. The molecule has 0 spiro atoms. The fraction of sp³-hybridized carbons (Fsp3) is 0.455. The monoisotopic (exact) mass is 537 g/mol. The van der Waals surface area contributed by atoms with Gasteiger partial charge in [-0.2, -0.15) is 13.2 Å². The third kappa shape index (κ3) is 3.65. The van der Waals surface area contributed by atoms with E-state index in [0.717, 1.165) is 24.3 Å². The van der Waals surface area contributed by atoms with Crippen molar-refractivity contribution in [1.82, 2.24) is 4.72 Å². The van der Waals surface area contributed by atoms with Crippen LogP contribution in [-0.2, 0) is 30.8 Å². The minimum Gasteiger partial charge on any atom is -0.490 e. The van der Waals surface area contributed by atoms with Crippen LogP contribution < -0.4 is 9.46 Å². The van der Waals surface area contributed by atoms with E-state index in [1.807, 2.05) is 0 Å². The van der Waals surface area contributed by atoms with Gasteiger partial charge in [-0.05, 0) is 61.6 Å². The Balaban J connectivity index is 1.72. The Morgan fingerprint density at radius 3 is 2.31 bits per heavy atom. The maximum Gasteiger partial charge on any atom is 0.416 e. The lowest BCUT2D eigenvalue weighted by atomic mass is 9.64. The van der Waals surface area contributed by atoms with Crippen LogP contribution in [0.2, 0.25) is 0 Å². The number of benzene rings is 2. The highest BCUT2D eigenvalue weighted by atomic mass is 32.2. The molecule has 1 aliphatic carbocycles. The van der Waals surface area contributed by atoms with Gasteiger partial charge in [0, 0.05) is 12.0 Å². The third-order valence-corrected chi connectivity index (χ3v) is 11.4. The number of hydrogen-bond acceptors (Lipinski definition) is 5. The van der Waals surface area contributed by atoms with Crippen LogP contribution in [0.3, 0.4) is 0 Å². The first-order chi connectivity index (χ1) is 16.3. The summed E-state index contributed by atoms with van der Waals surface area (Å²) in [6, 6.07) is 3.85. The van der Waals surface area contributed by atoms with Crippen LogP contribution in [0.4, 0.5) is 22.0 Å². The molecule has 2 heterocycles. The predicted molar refractivity (Wildman–Crippen MR) is 114 cm³/mol. The molecule has 0 unspecified atom stereocenters.